The van der Waals surface area contributed by atoms with Gasteiger partial charge < -0.3 is 5.73 Å². The van der Waals surface area contributed by atoms with Crippen LogP contribution in [0.5, 0.6) is 0 Å². The first kappa shape index (κ1) is 14.5. The van der Waals surface area contributed by atoms with Gasteiger partial charge in [-0.3, -0.25) is 4.68 Å². The lowest BCUT2D eigenvalue weighted by Crippen LogP contribution is -1.98. The molecule has 108 valence electrons. The summed E-state index contributed by atoms with van der Waals surface area (Å²) in [4.78, 5) is 0. The van der Waals surface area contributed by atoms with E-state index in [1.165, 1.54) is 12.1 Å². The second-order valence-corrected chi connectivity index (χ2v) is 5.12. The number of anilines is 1. The third-order valence-electron chi connectivity index (χ3n) is 3.46. The molecule has 0 aliphatic carbocycles. The molecule has 20 heavy (non-hydrogen) atoms. The quantitative estimate of drug-likeness (QED) is 0.923. The van der Waals surface area contributed by atoms with Crippen LogP contribution in [0.2, 0.25) is 0 Å². The predicted octanol–water partition coefficient (Wildman–Crippen LogP) is 3.85. The average molecular weight is 279 g/mol. The predicted molar refractivity (Wildman–Crippen MR) is 76.3 cm³/mol. The van der Waals surface area contributed by atoms with Crippen LogP contribution in [0, 0.1) is 11.6 Å². The van der Waals surface area contributed by atoms with Gasteiger partial charge in [-0.2, -0.15) is 5.10 Å². The third-order valence-corrected chi connectivity index (χ3v) is 3.46. The summed E-state index contributed by atoms with van der Waals surface area (Å²) in [7, 11) is 1.73. The summed E-state index contributed by atoms with van der Waals surface area (Å²) in [5.41, 5.74) is 7.88. The van der Waals surface area contributed by atoms with Gasteiger partial charge in [-0.05, 0) is 24.1 Å². The molecule has 1 aromatic carbocycles. The molecule has 5 heteroatoms. The number of rotatable bonds is 4. The van der Waals surface area contributed by atoms with Crippen molar-refractivity contribution in [3.63, 3.8) is 0 Å². The van der Waals surface area contributed by atoms with E-state index in [1.807, 2.05) is 6.92 Å². The standard InChI is InChI=1S/C15H19F2N3/c1-4-5-9(2)14-13(15(18)20(3)19-14)10-6-11(16)8-12(17)7-10/h6-9H,4-5,18H2,1-3H3. The average Bonchev–Trinajstić information content (AvgIpc) is 2.65. The van der Waals surface area contributed by atoms with Gasteiger partial charge in [0.25, 0.3) is 0 Å². The highest BCUT2D eigenvalue weighted by atomic mass is 19.1. The largest absolute Gasteiger partial charge is 0.383 e. The fourth-order valence-corrected chi connectivity index (χ4v) is 2.47. The van der Waals surface area contributed by atoms with Crippen LogP contribution in [-0.4, -0.2) is 9.78 Å². The maximum absolute atomic E-state index is 13.4. The third kappa shape index (κ3) is 2.66. The molecule has 2 aromatic rings. The Labute approximate surface area is 117 Å². The number of aromatic nitrogens is 2. The van der Waals surface area contributed by atoms with Crippen molar-refractivity contribution >= 4 is 5.82 Å². The van der Waals surface area contributed by atoms with Gasteiger partial charge in [-0.25, -0.2) is 8.78 Å². The van der Waals surface area contributed by atoms with Crippen molar-refractivity contribution in [1.82, 2.24) is 9.78 Å². The van der Waals surface area contributed by atoms with E-state index in [4.69, 9.17) is 5.73 Å². The number of aryl methyl sites for hydroxylation is 1. The van der Waals surface area contributed by atoms with Gasteiger partial charge in [0, 0.05) is 24.6 Å². The van der Waals surface area contributed by atoms with Gasteiger partial charge in [-0.1, -0.05) is 20.3 Å². The van der Waals surface area contributed by atoms with Crippen molar-refractivity contribution in [2.45, 2.75) is 32.6 Å². The first-order valence-corrected chi connectivity index (χ1v) is 6.72. The normalized spacial score (nSPS) is 12.7. The monoisotopic (exact) mass is 279 g/mol. The van der Waals surface area contributed by atoms with E-state index in [2.05, 4.69) is 12.0 Å². The van der Waals surface area contributed by atoms with Crippen molar-refractivity contribution in [3.05, 3.63) is 35.5 Å². The minimum Gasteiger partial charge on any atom is -0.383 e. The Balaban J connectivity index is 2.60. The van der Waals surface area contributed by atoms with Crippen molar-refractivity contribution < 1.29 is 8.78 Å². The Kier molecular flexibility index (Phi) is 4.06. The second-order valence-electron chi connectivity index (χ2n) is 5.12. The molecular formula is C15H19F2N3. The number of hydrogen-bond donors (Lipinski definition) is 1. The molecule has 0 saturated heterocycles. The molecule has 1 heterocycles. The summed E-state index contributed by atoms with van der Waals surface area (Å²) < 4.78 is 28.4. The number of nitrogens with two attached hydrogens (primary N) is 1. The zero-order valence-corrected chi connectivity index (χ0v) is 12.0. The molecule has 1 atom stereocenters. The topological polar surface area (TPSA) is 43.8 Å². The minimum absolute atomic E-state index is 0.185. The van der Waals surface area contributed by atoms with Gasteiger partial charge in [-0.15, -0.1) is 0 Å². The molecule has 1 aromatic heterocycles. The van der Waals surface area contributed by atoms with Gasteiger partial charge >= 0.3 is 0 Å². The van der Waals surface area contributed by atoms with E-state index in [-0.39, 0.29) is 5.92 Å². The van der Waals surface area contributed by atoms with Crippen LogP contribution in [-0.2, 0) is 7.05 Å². The summed E-state index contributed by atoms with van der Waals surface area (Å²) in [6.45, 7) is 4.13. The molecule has 3 nitrogen and oxygen atoms in total. The lowest BCUT2D eigenvalue weighted by atomic mass is 9.95. The molecule has 0 saturated carbocycles. The number of nitrogens with zero attached hydrogens (tertiary/aromatic N) is 2. The maximum atomic E-state index is 13.4. The molecular weight excluding hydrogens is 260 g/mol. The summed E-state index contributed by atoms with van der Waals surface area (Å²) >= 11 is 0. The Hall–Kier alpha value is -1.91. The Morgan fingerprint density at radius 3 is 2.40 bits per heavy atom. The van der Waals surface area contributed by atoms with Crippen LogP contribution in [0.3, 0.4) is 0 Å². The zero-order valence-electron chi connectivity index (χ0n) is 12.0. The van der Waals surface area contributed by atoms with Crippen LogP contribution in [0.4, 0.5) is 14.6 Å². The molecule has 0 radical (unpaired) electrons. The summed E-state index contributed by atoms with van der Waals surface area (Å²) in [6.07, 6.45) is 1.95. The molecule has 0 amide bonds. The number of benzene rings is 1. The van der Waals surface area contributed by atoms with Crippen LogP contribution in [0.15, 0.2) is 18.2 Å². The first-order chi connectivity index (χ1) is 9.43. The highest BCUT2D eigenvalue weighted by Crippen LogP contribution is 2.35. The summed E-state index contributed by atoms with van der Waals surface area (Å²) in [5.74, 6) is -0.618. The van der Waals surface area contributed by atoms with Gasteiger partial charge in [0.05, 0.1) is 5.69 Å². The van der Waals surface area contributed by atoms with E-state index < -0.39 is 11.6 Å². The number of hydrogen-bond acceptors (Lipinski definition) is 2. The number of halogens is 2. The summed E-state index contributed by atoms with van der Waals surface area (Å²) in [6, 6.07) is 3.43. The Morgan fingerprint density at radius 1 is 1.25 bits per heavy atom. The second kappa shape index (κ2) is 5.61. The molecule has 1 unspecified atom stereocenters. The fraction of sp³-hybridized carbons (Fsp3) is 0.400. The van der Waals surface area contributed by atoms with Gasteiger partial charge in [0.15, 0.2) is 0 Å². The summed E-state index contributed by atoms with van der Waals surface area (Å²) in [5, 5.41) is 4.41. The number of nitrogen functional groups attached to an aromatic ring is 1. The van der Waals surface area contributed by atoms with Gasteiger partial charge in [0.1, 0.15) is 17.5 Å². The Bertz CT molecular complexity index is 600. The first-order valence-electron chi connectivity index (χ1n) is 6.72. The Morgan fingerprint density at radius 2 is 1.85 bits per heavy atom. The smallest absolute Gasteiger partial charge is 0.129 e. The van der Waals surface area contributed by atoms with E-state index in [9.17, 15) is 8.78 Å². The SMILES string of the molecule is CCCC(C)c1nn(C)c(N)c1-c1cc(F)cc(F)c1. The maximum Gasteiger partial charge on any atom is 0.129 e. The van der Waals surface area contributed by atoms with E-state index in [1.54, 1.807) is 11.7 Å². The highest BCUT2D eigenvalue weighted by molar-refractivity contribution is 5.77. The lowest BCUT2D eigenvalue weighted by Gasteiger charge is -2.10. The molecule has 0 spiro atoms. The highest BCUT2D eigenvalue weighted by Gasteiger charge is 2.21. The molecule has 2 rings (SSSR count). The molecule has 0 fully saturated rings. The van der Waals surface area contributed by atoms with Gasteiger partial charge in [0.2, 0.25) is 0 Å². The van der Waals surface area contributed by atoms with Crippen LogP contribution in [0.1, 0.15) is 38.3 Å². The van der Waals surface area contributed by atoms with Crippen LogP contribution < -0.4 is 5.73 Å². The van der Waals surface area contributed by atoms with Crippen molar-refractivity contribution in [1.29, 1.82) is 0 Å². The molecule has 2 N–H and O–H groups in total. The molecule has 0 bridgehead atoms. The van der Waals surface area contributed by atoms with Crippen molar-refractivity contribution in [2.75, 3.05) is 5.73 Å². The molecule has 0 aliphatic rings. The van der Waals surface area contributed by atoms with Crippen LogP contribution >= 0.6 is 0 Å². The van der Waals surface area contributed by atoms with Crippen molar-refractivity contribution in [2.24, 2.45) is 7.05 Å². The van der Waals surface area contributed by atoms with Crippen LogP contribution in [0.25, 0.3) is 11.1 Å². The van der Waals surface area contributed by atoms with E-state index in [0.29, 0.717) is 16.9 Å². The zero-order chi connectivity index (χ0) is 14.9. The van der Waals surface area contributed by atoms with E-state index in [0.717, 1.165) is 24.6 Å². The lowest BCUT2D eigenvalue weighted by molar-refractivity contribution is 0.584. The molecule has 0 aliphatic heterocycles. The minimum atomic E-state index is -0.614. The fourth-order valence-electron chi connectivity index (χ4n) is 2.47. The van der Waals surface area contributed by atoms with Crippen molar-refractivity contribution in [3.8, 4) is 11.1 Å². The van der Waals surface area contributed by atoms with E-state index >= 15 is 0 Å².